The van der Waals surface area contributed by atoms with E-state index in [1.165, 1.54) is 0 Å². The molecule has 0 unspecified atom stereocenters. The molecule has 0 saturated carbocycles. The van der Waals surface area contributed by atoms with Gasteiger partial charge in [0, 0.05) is 12.7 Å². The number of hydrogen-bond acceptors (Lipinski definition) is 4. The van der Waals surface area contributed by atoms with Crippen LogP contribution in [0.15, 0.2) is 36.5 Å². The molecule has 4 nitrogen and oxygen atoms in total. The summed E-state index contributed by atoms with van der Waals surface area (Å²) in [4.78, 5) is 4.19. The van der Waals surface area contributed by atoms with Gasteiger partial charge in [0.25, 0.3) is 0 Å². The third kappa shape index (κ3) is 3.09. The maximum atomic E-state index is 9.12. The SMILES string of the molecule is Cc1ccnc(NCc2cccc(CO)c2)c1C#N. The summed E-state index contributed by atoms with van der Waals surface area (Å²) in [7, 11) is 0. The number of aliphatic hydroxyl groups excluding tert-OH is 1. The highest BCUT2D eigenvalue weighted by Crippen LogP contribution is 2.16. The van der Waals surface area contributed by atoms with E-state index in [1.54, 1.807) is 6.20 Å². The highest BCUT2D eigenvalue weighted by molar-refractivity contribution is 5.55. The molecule has 0 saturated heterocycles. The summed E-state index contributed by atoms with van der Waals surface area (Å²) in [6.45, 7) is 2.48. The maximum absolute atomic E-state index is 9.12. The smallest absolute Gasteiger partial charge is 0.144 e. The number of pyridine rings is 1. The van der Waals surface area contributed by atoms with E-state index >= 15 is 0 Å². The minimum Gasteiger partial charge on any atom is -0.392 e. The van der Waals surface area contributed by atoms with Crippen LogP contribution < -0.4 is 5.32 Å². The van der Waals surface area contributed by atoms with Gasteiger partial charge in [-0.15, -0.1) is 0 Å². The number of anilines is 1. The number of aryl methyl sites for hydroxylation is 1. The lowest BCUT2D eigenvalue weighted by molar-refractivity contribution is 0.281. The minimum absolute atomic E-state index is 0.0278. The summed E-state index contributed by atoms with van der Waals surface area (Å²) >= 11 is 0. The van der Waals surface area contributed by atoms with E-state index in [0.29, 0.717) is 17.9 Å². The topological polar surface area (TPSA) is 68.9 Å². The zero-order valence-corrected chi connectivity index (χ0v) is 10.7. The van der Waals surface area contributed by atoms with Crippen molar-refractivity contribution in [1.29, 1.82) is 5.26 Å². The Labute approximate surface area is 112 Å². The van der Waals surface area contributed by atoms with E-state index in [0.717, 1.165) is 16.7 Å². The van der Waals surface area contributed by atoms with Crippen LogP contribution in [0.3, 0.4) is 0 Å². The Morgan fingerprint density at radius 3 is 2.84 bits per heavy atom. The van der Waals surface area contributed by atoms with Crippen molar-refractivity contribution in [3.63, 3.8) is 0 Å². The Morgan fingerprint density at radius 2 is 2.11 bits per heavy atom. The van der Waals surface area contributed by atoms with E-state index in [1.807, 2.05) is 37.3 Å². The van der Waals surface area contributed by atoms with Gasteiger partial charge in [0.15, 0.2) is 0 Å². The van der Waals surface area contributed by atoms with Crippen LogP contribution in [-0.2, 0) is 13.2 Å². The van der Waals surface area contributed by atoms with Crippen LogP contribution in [0.2, 0.25) is 0 Å². The first-order chi connectivity index (χ1) is 9.24. The molecule has 0 amide bonds. The second-order valence-corrected chi connectivity index (χ2v) is 4.29. The predicted molar refractivity (Wildman–Crippen MR) is 73.4 cm³/mol. The number of nitriles is 1. The van der Waals surface area contributed by atoms with Crippen molar-refractivity contribution in [3.05, 3.63) is 58.8 Å². The molecular formula is C15H15N3O. The summed E-state index contributed by atoms with van der Waals surface area (Å²) in [5.41, 5.74) is 3.39. The third-order valence-electron chi connectivity index (χ3n) is 2.91. The summed E-state index contributed by atoms with van der Waals surface area (Å²) in [5.74, 6) is 0.594. The molecule has 0 spiro atoms. The molecule has 2 rings (SSSR count). The standard InChI is InChI=1S/C15H15N3O/c1-11-5-6-17-15(14(11)8-16)18-9-12-3-2-4-13(7-12)10-19/h2-7,19H,9-10H2,1H3,(H,17,18). The normalized spacial score (nSPS) is 9.95. The van der Waals surface area contributed by atoms with E-state index in [-0.39, 0.29) is 6.61 Å². The van der Waals surface area contributed by atoms with Crippen LogP contribution in [0.1, 0.15) is 22.3 Å². The van der Waals surface area contributed by atoms with Crippen molar-refractivity contribution in [2.45, 2.75) is 20.1 Å². The van der Waals surface area contributed by atoms with Gasteiger partial charge in [-0.3, -0.25) is 0 Å². The second-order valence-electron chi connectivity index (χ2n) is 4.29. The van der Waals surface area contributed by atoms with Gasteiger partial charge in [0.2, 0.25) is 0 Å². The molecular weight excluding hydrogens is 238 g/mol. The Morgan fingerprint density at radius 1 is 1.32 bits per heavy atom. The van der Waals surface area contributed by atoms with Crippen molar-refractivity contribution in [2.24, 2.45) is 0 Å². The Kier molecular flexibility index (Phi) is 4.11. The zero-order valence-electron chi connectivity index (χ0n) is 10.7. The molecule has 2 N–H and O–H groups in total. The van der Waals surface area contributed by atoms with Crippen LogP contribution in [0.4, 0.5) is 5.82 Å². The van der Waals surface area contributed by atoms with Crippen LogP contribution in [0.25, 0.3) is 0 Å². The molecule has 1 aromatic heterocycles. The Hall–Kier alpha value is -2.38. The zero-order chi connectivity index (χ0) is 13.7. The van der Waals surface area contributed by atoms with Crippen LogP contribution in [-0.4, -0.2) is 10.1 Å². The fourth-order valence-corrected chi connectivity index (χ4v) is 1.86. The molecule has 0 radical (unpaired) electrons. The fraction of sp³-hybridized carbons (Fsp3) is 0.200. The van der Waals surface area contributed by atoms with Gasteiger partial charge in [-0.25, -0.2) is 4.98 Å². The third-order valence-corrected chi connectivity index (χ3v) is 2.91. The summed E-state index contributed by atoms with van der Waals surface area (Å²) in [5, 5.41) is 21.4. The first-order valence-corrected chi connectivity index (χ1v) is 6.03. The largest absolute Gasteiger partial charge is 0.392 e. The van der Waals surface area contributed by atoms with Gasteiger partial charge < -0.3 is 10.4 Å². The lowest BCUT2D eigenvalue weighted by Gasteiger charge is -2.09. The van der Waals surface area contributed by atoms with Crippen molar-refractivity contribution in [3.8, 4) is 6.07 Å². The van der Waals surface area contributed by atoms with Crippen LogP contribution >= 0.6 is 0 Å². The molecule has 0 fully saturated rings. The molecule has 1 heterocycles. The average Bonchev–Trinajstić information content (AvgIpc) is 2.45. The number of hydrogen-bond donors (Lipinski definition) is 2. The van der Waals surface area contributed by atoms with Gasteiger partial charge in [0.05, 0.1) is 12.2 Å². The first-order valence-electron chi connectivity index (χ1n) is 6.03. The van der Waals surface area contributed by atoms with Gasteiger partial charge in [-0.1, -0.05) is 24.3 Å². The van der Waals surface area contributed by atoms with Crippen molar-refractivity contribution >= 4 is 5.82 Å². The highest BCUT2D eigenvalue weighted by Gasteiger charge is 2.05. The van der Waals surface area contributed by atoms with Gasteiger partial charge >= 0.3 is 0 Å². The quantitative estimate of drug-likeness (QED) is 0.877. The number of nitrogens with one attached hydrogen (secondary N) is 1. The number of nitrogens with zero attached hydrogens (tertiary/aromatic N) is 2. The fourth-order valence-electron chi connectivity index (χ4n) is 1.86. The molecule has 19 heavy (non-hydrogen) atoms. The van der Waals surface area contributed by atoms with Gasteiger partial charge in [-0.2, -0.15) is 5.26 Å². The summed E-state index contributed by atoms with van der Waals surface area (Å²) < 4.78 is 0. The van der Waals surface area contributed by atoms with Crippen molar-refractivity contribution in [1.82, 2.24) is 4.98 Å². The second kappa shape index (κ2) is 5.98. The number of benzene rings is 1. The number of aromatic nitrogens is 1. The van der Waals surface area contributed by atoms with Crippen molar-refractivity contribution < 1.29 is 5.11 Å². The van der Waals surface area contributed by atoms with E-state index in [2.05, 4.69) is 16.4 Å². The summed E-state index contributed by atoms with van der Waals surface area (Å²) in [6, 6.07) is 11.6. The van der Waals surface area contributed by atoms with Gasteiger partial charge in [0.1, 0.15) is 11.9 Å². The molecule has 0 aliphatic rings. The molecule has 0 aliphatic carbocycles. The highest BCUT2D eigenvalue weighted by atomic mass is 16.3. The molecule has 0 atom stereocenters. The van der Waals surface area contributed by atoms with E-state index < -0.39 is 0 Å². The maximum Gasteiger partial charge on any atom is 0.144 e. The lowest BCUT2D eigenvalue weighted by atomic mass is 10.1. The minimum atomic E-state index is 0.0278. The molecule has 0 bridgehead atoms. The number of rotatable bonds is 4. The molecule has 1 aromatic carbocycles. The molecule has 0 aliphatic heterocycles. The van der Waals surface area contributed by atoms with Gasteiger partial charge in [-0.05, 0) is 29.7 Å². The number of aliphatic hydroxyl groups is 1. The molecule has 4 heteroatoms. The average molecular weight is 253 g/mol. The molecule has 2 aromatic rings. The predicted octanol–water partition coefficient (Wildman–Crippen LogP) is 2.37. The monoisotopic (exact) mass is 253 g/mol. The van der Waals surface area contributed by atoms with E-state index in [9.17, 15) is 0 Å². The summed E-state index contributed by atoms with van der Waals surface area (Å²) in [6.07, 6.45) is 1.68. The first kappa shape index (κ1) is 13.1. The Bertz CT molecular complexity index is 617. The molecule has 96 valence electrons. The van der Waals surface area contributed by atoms with Crippen LogP contribution in [0, 0.1) is 18.3 Å². The lowest BCUT2D eigenvalue weighted by Crippen LogP contribution is -2.04. The Balaban J connectivity index is 2.15. The van der Waals surface area contributed by atoms with Crippen LogP contribution in [0.5, 0.6) is 0 Å². The van der Waals surface area contributed by atoms with Crippen molar-refractivity contribution in [2.75, 3.05) is 5.32 Å². The van der Waals surface area contributed by atoms with E-state index in [4.69, 9.17) is 10.4 Å².